The maximum absolute atomic E-state index is 12.9. The summed E-state index contributed by atoms with van der Waals surface area (Å²) < 4.78 is 0. The summed E-state index contributed by atoms with van der Waals surface area (Å²) in [6, 6.07) is 12.0. The highest BCUT2D eigenvalue weighted by atomic mass is 35.5. The van der Waals surface area contributed by atoms with E-state index in [-0.39, 0.29) is 11.2 Å². The van der Waals surface area contributed by atoms with Gasteiger partial charge in [0, 0.05) is 16.9 Å². The molecule has 0 radical (unpaired) electrons. The Bertz CT molecular complexity index is 908. The third-order valence-electron chi connectivity index (χ3n) is 6.29. The number of Topliss-reactive ketones (excluding diaryl/α,β-unsaturated/α-hetero) is 1. The second-order valence-electron chi connectivity index (χ2n) is 8.16. The molecule has 0 saturated heterocycles. The molecule has 1 fully saturated rings. The molecule has 0 aliphatic heterocycles. The van der Waals surface area contributed by atoms with Crippen LogP contribution in [0.1, 0.15) is 55.2 Å². The Balaban J connectivity index is 1.80. The lowest BCUT2D eigenvalue weighted by Gasteiger charge is -2.32. The van der Waals surface area contributed by atoms with Gasteiger partial charge in [-0.05, 0) is 66.6 Å². The highest BCUT2D eigenvalue weighted by Crippen LogP contribution is 2.52. The first-order chi connectivity index (χ1) is 12.9. The first-order valence-electron chi connectivity index (χ1n) is 9.76. The van der Waals surface area contributed by atoms with Crippen molar-refractivity contribution in [3.8, 4) is 11.1 Å². The lowest BCUT2D eigenvalue weighted by molar-refractivity contribution is -0.114. The van der Waals surface area contributed by atoms with Gasteiger partial charge in [-0.1, -0.05) is 55.1 Å². The third kappa shape index (κ3) is 3.10. The van der Waals surface area contributed by atoms with Gasteiger partial charge in [-0.3, -0.25) is 4.79 Å². The first-order valence-corrected chi connectivity index (χ1v) is 10.1. The molecule has 0 unspecified atom stereocenters. The van der Waals surface area contributed by atoms with E-state index in [2.05, 4.69) is 12.1 Å². The predicted molar refractivity (Wildman–Crippen MR) is 111 cm³/mol. The highest BCUT2D eigenvalue weighted by Gasteiger charge is 2.47. The van der Waals surface area contributed by atoms with Gasteiger partial charge in [0.2, 0.25) is 0 Å². The fourth-order valence-corrected chi connectivity index (χ4v) is 5.07. The van der Waals surface area contributed by atoms with Crippen molar-refractivity contribution < 1.29 is 9.90 Å². The van der Waals surface area contributed by atoms with Gasteiger partial charge in [0.15, 0.2) is 5.78 Å². The van der Waals surface area contributed by atoms with Crippen molar-refractivity contribution >= 4 is 23.0 Å². The molecule has 0 amide bonds. The monoisotopic (exact) mass is 380 g/mol. The molecule has 2 aliphatic carbocycles. The number of ketones is 1. The molecule has 0 heterocycles. The maximum atomic E-state index is 12.9. The minimum absolute atomic E-state index is 0.0971. The molecule has 0 bridgehead atoms. The summed E-state index contributed by atoms with van der Waals surface area (Å²) in [5.41, 5.74) is 5.43. The quantitative estimate of drug-likeness (QED) is 0.620. The van der Waals surface area contributed by atoms with Crippen LogP contribution in [0.3, 0.4) is 0 Å². The average molecular weight is 381 g/mol. The number of hydrogen-bond acceptors (Lipinski definition) is 2. The van der Waals surface area contributed by atoms with Crippen LogP contribution in [-0.4, -0.2) is 10.9 Å². The lowest BCUT2D eigenvalue weighted by atomic mass is 9.72. The molecule has 0 aromatic heterocycles. The number of carbonyl (C=O) groups is 1. The van der Waals surface area contributed by atoms with Crippen LogP contribution in [-0.2, 0) is 4.79 Å². The molecule has 3 heteroatoms. The molecule has 2 aromatic carbocycles. The van der Waals surface area contributed by atoms with E-state index >= 15 is 0 Å². The van der Waals surface area contributed by atoms with Crippen molar-refractivity contribution in [1.82, 2.24) is 0 Å². The Morgan fingerprint density at radius 2 is 1.52 bits per heavy atom. The number of halogens is 1. The number of carbonyl (C=O) groups excluding carboxylic acids is 1. The molecular formula is C24H25ClO2. The Labute approximate surface area is 165 Å². The molecule has 140 valence electrons. The summed E-state index contributed by atoms with van der Waals surface area (Å²) in [5.74, 6) is 0.442. The molecule has 4 rings (SSSR count). The van der Waals surface area contributed by atoms with E-state index in [9.17, 15) is 9.90 Å². The fraction of sp³-hybridized carbons (Fsp3) is 0.375. The van der Waals surface area contributed by atoms with Crippen molar-refractivity contribution in [2.45, 2.75) is 52.4 Å². The van der Waals surface area contributed by atoms with E-state index in [1.165, 1.54) is 6.42 Å². The lowest BCUT2D eigenvalue weighted by Crippen LogP contribution is -2.24. The predicted octanol–water partition coefficient (Wildman–Crippen LogP) is 6.82. The van der Waals surface area contributed by atoms with Crippen molar-refractivity contribution in [3.63, 3.8) is 0 Å². The van der Waals surface area contributed by atoms with Crippen LogP contribution < -0.4 is 0 Å². The Kier molecular flexibility index (Phi) is 4.63. The summed E-state index contributed by atoms with van der Waals surface area (Å²) in [6.45, 7) is 4.06. The summed E-state index contributed by atoms with van der Waals surface area (Å²) in [7, 11) is 0. The van der Waals surface area contributed by atoms with Gasteiger partial charge in [0.25, 0.3) is 0 Å². The normalized spacial score (nSPS) is 19.1. The fourth-order valence-electron chi connectivity index (χ4n) is 4.94. The van der Waals surface area contributed by atoms with Crippen LogP contribution >= 0.6 is 11.6 Å². The van der Waals surface area contributed by atoms with Gasteiger partial charge in [0.1, 0.15) is 5.76 Å². The second-order valence-corrected chi connectivity index (χ2v) is 8.59. The van der Waals surface area contributed by atoms with Crippen LogP contribution in [0.4, 0.5) is 0 Å². The number of benzene rings is 2. The van der Waals surface area contributed by atoms with Crippen molar-refractivity contribution in [2.75, 3.05) is 0 Å². The van der Waals surface area contributed by atoms with Gasteiger partial charge in [-0.2, -0.15) is 0 Å². The minimum Gasteiger partial charge on any atom is -0.511 e. The van der Waals surface area contributed by atoms with E-state index < -0.39 is 0 Å². The summed E-state index contributed by atoms with van der Waals surface area (Å²) >= 11 is 6.00. The molecule has 1 spiro atoms. The van der Waals surface area contributed by atoms with Crippen molar-refractivity contribution in [1.29, 1.82) is 0 Å². The van der Waals surface area contributed by atoms with E-state index in [1.807, 2.05) is 38.1 Å². The van der Waals surface area contributed by atoms with Crippen LogP contribution in [0, 0.1) is 19.3 Å². The molecule has 2 aliphatic rings. The van der Waals surface area contributed by atoms with Crippen molar-refractivity contribution in [3.05, 3.63) is 63.9 Å². The van der Waals surface area contributed by atoms with Gasteiger partial charge >= 0.3 is 0 Å². The topological polar surface area (TPSA) is 37.3 Å². The Morgan fingerprint density at radius 1 is 0.926 bits per heavy atom. The number of rotatable bonds is 2. The van der Waals surface area contributed by atoms with E-state index in [1.54, 1.807) is 0 Å². The first kappa shape index (κ1) is 18.3. The number of hydrogen-bond donors (Lipinski definition) is 1. The SMILES string of the molecule is Cc1cc(-c2ccc(Cl)cc2)cc(C)c1C1=C(O)C2(CCCCC2)CC1=O. The molecule has 0 atom stereocenters. The van der Waals surface area contributed by atoms with Crippen molar-refractivity contribution in [2.24, 2.45) is 5.41 Å². The number of aryl methyl sites for hydroxylation is 2. The molecule has 1 N–H and O–H groups in total. The smallest absolute Gasteiger partial charge is 0.167 e. The zero-order chi connectivity index (χ0) is 19.2. The zero-order valence-electron chi connectivity index (χ0n) is 15.9. The number of allylic oxidation sites excluding steroid dienone is 2. The minimum atomic E-state index is -0.307. The summed E-state index contributed by atoms with van der Waals surface area (Å²) in [6.07, 6.45) is 5.71. The van der Waals surface area contributed by atoms with Gasteiger partial charge in [-0.25, -0.2) is 0 Å². The van der Waals surface area contributed by atoms with Gasteiger partial charge in [-0.15, -0.1) is 0 Å². The zero-order valence-corrected chi connectivity index (χ0v) is 16.7. The largest absolute Gasteiger partial charge is 0.511 e. The average Bonchev–Trinajstić information content (AvgIpc) is 2.86. The van der Waals surface area contributed by atoms with Crippen LogP contribution in [0.5, 0.6) is 0 Å². The van der Waals surface area contributed by atoms with E-state index in [0.29, 0.717) is 22.8 Å². The standard InChI is InChI=1S/C24H25ClO2/c1-15-12-18(17-6-8-19(25)9-7-17)13-16(2)21(15)22-20(26)14-24(23(22)27)10-4-3-5-11-24/h6-9,12-13,27H,3-5,10-11,14H2,1-2H3. The van der Waals surface area contributed by atoms with Gasteiger partial charge < -0.3 is 5.11 Å². The third-order valence-corrected chi connectivity index (χ3v) is 6.54. The van der Waals surface area contributed by atoms with Crippen LogP contribution in [0.15, 0.2) is 42.2 Å². The van der Waals surface area contributed by atoms with E-state index in [4.69, 9.17) is 11.6 Å². The molecule has 2 aromatic rings. The van der Waals surface area contributed by atoms with Crippen LogP contribution in [0.2, 0.25) is 5.02 Å². The second kappa shape index (κ2) is 6.83. The Hall–Kier alpha value is -2.06. The maximum Gasteiger partial charge on any atom is 0.167 e. The highest BCUT2D eigenvalue weighted by molar-refractivity contribution is 6.30. The summed E-state index contributed by atoms with van der Waals surface area (Å²) in [5, 5.41) is 11.8. The van der Waals surface area contributed by atoms with Crippen LogP contribution in [0.25, 0.3) is 16.7 Å². The molecular weight excluding hydrogens is 356 g/mol. The molecule has 2 nitrogen and oxygen atoms in total. The van der Waals surface area contributed by atoms with Gasteiger partial charge in [0.05, 0.1) is 5.57 Å². The summed E-state index contributed by atoms with van der Waals surface area (Å²) in [4.78, 5) is 12.9. The molecule has 1 saturated carbocycles. The molecule has 27 heavy (non-hydrogen) atoms. The number of aliphatic hydroxyl groups is 1. The van der Waals surface area contributed by atoms with E-state index in [0.717, 1.165) is 53.5 Å². The Morgan fingerprint density at radius 3 is 2.11 bits per heavy atom. The number of aliphatic hydroxyl groups excluding tert-OH is 1.